The first kappa shape index (κ1) is 34.4. The summed E-state index contributed by atoms with van der Waals surface area (Å²) in [5, 5.41) is 2.57. The van der Waals surface area contributed by atoms with Gasteiger partial charge in [0, 0.05) is 24.0 Å². The van der Waals surface area contributed by atoms with E-state index in [0.29, 0.717) is 22.5 Å². The maximum atomic E-state index is 14.1. The number of hydrogen-bond donors (Lipinski definition) is 1. The van der Waals surface area contributed by atoms with Gasteiger partial charge in [-0.05, 0) is 47.4 Å². The highest BCUT2D eigenvalue weighted by molar-refractivity contribution is 9.10. The second-order valence-corrected chi connectivity index (χ2v) is 13.7. The average molecular weight is 703 g/mol. The standard InChI is InChI=1S/C30H32BrClF3N3O4S/c1-20(2)17-36-29(40)27(15-21-7-5-4-6-8-21)37(18-22-9-12-24(31)13-10-22)28(39)19-38(43(3,41)42)26-16-23(30(33,34)35)11-14-25(26)32/h4-14,16,20,27H,15,17-19H2,1-3H3,(H,36,40)/t27-/m0/s1. The van der Waals surface area contributed by atoms with Gasteiger partial charge >= 0.3 is 6.18 Å². The maximum absolute atomic E-state index is 14.1. The quantitative estimate of drug-likeness (QED) is 0.240. The Morgan fingerprint density at radius 3 is 2.16 bits per heavy atom. The molecule has 7 nitrogen and oxygen atoms in total. The van der Waals surface area contributed by atoms with Crippen molar-refractivity contribution < 1.29 is 31.2 Å². The molecule has 0 heterocycles. The number of halogens is 5. The van der Waals surface area contributed by atoms with Gasteiger partial charge in [-0.1, -0.05) is 83.8 Å². The van der Waals surface area contributed by atoms with Crippen molar-refractivity contribution in [3.05, 3.63) is 99.0 Å². The molecule has 0 radical (unpaired) electrons. The van der Waals surface area contributed by atoms with Crippen LogP contribution < -0.4 is 9.62 Å². The molecule has 43 heavy (non-hydrogen) atoms. The number of rotatable bonds is 12. The molecule has 0 saturated heterocycles. The molecular weight excluding hydrogens is 671 g/mol. The zero-order chi connectivity index (χ0) is 31.9. The van der Waals surface area contributed by atoms with E-state index in [1.165, 1.54) is 4.90 Å². The number of anilines is 1. The zero-order valence-electron chi connectivity index (χ0n) is 23.7. The third-order valence-electron chi connectivity index (χ3n) is 6.44. The van der Waals surface area contributed by atoms with Gasteiger partial charge in [0.15, 0.2) is 0 Å². The number of carbonyl (C=O) groups excluding carboxylic acids is 2. The molecule has 0 fully saturated rings. The number of sulfonamides is 1. The largest absolute Gasteiger partial charge is 0.416 e. The lowest BCUT2D eigenvalue weighted by Crippen LogP contribution is -2.53. The molecule has 3 aromatic carbocycles. The van der Waals surface area contributed by atoms with E-state index in [2.05, 4.69) is 21.2 Å². The molecule has 0 aromatic heterocycles. The normalized spacial score (nSPS) is 12.6. The van der Waals surface area contributed by atoms with Crippen molar-refractivity contribution in [2.45, 2.75) is 39.0 Å². The molecular formula is C30H32BrClF3N3O4S. The number of amides is 2. The highest BCUT2D eigenvalue weighted by Crippen LogP contribution is 2.36. The number of nitrogens with one attached hydrogen (secondary N) is 1. The van der Waals surface area contributed by atoms with Crippen LogP contribution >= 0.6 is 27.5 Å². The second-order valence-electron chi connectivity index (χ2n) is 10.4. The number of hydrogen-bond acceptors (Lipinski definition) is 4. The lowest BCUT2D eigenvalue weighted by molar-refractivity contribution is -0.140. The smallest absolute Gasteiger partial charge is 0.354 e. The van der Waals surface area contributed by atoms with Crippen molar-refractivity contribution in [3.63, 3.8) is 0 Å². The van der Waals surface area contributed by atoms with E-state index in [4.69, 9.17) is 11.6 Å². The lowest BCUT2D eigenvalue weighted by Gasteiger charge is -2.34. The molecule has 1 atom stereocenters. The van der Waals surface area contributed by atoms with Crippen LogP contribution in [0.5, 0.6) is 0 Å². The maximum Gasteiger partial charge on any atom is 0.416 e. The number of carbonyl (C=O) groups is 2. The van der Waals surface area contributed by atoms with Crippen LogP contribution in [0.2, 0.25) is 5.02 Å². The highest BCUT2D eigenvalue weighted by atomic mass is 79.9. The Morgan fingerprint density at radius 1 is 0.977 bits per heavy atom. The molecule has 0 aliphatic rings. The van der Waals surface area contributed by atoms with E-state index in [9.17, 15) is 31.2 Å². The second kappa shape index (κ2) is 14.6. The summed E-state index contributed by atoms with van der Waals surface area (Å²) >= 11 is 9.55. The molecule has 0 unspecified atom stereocenters. The Morgan fingerprint density at radius 2 is 1.60 bits per heavy atom. The van der Waals surface area contributed by atoms with Gasteiger partial charge in [-0.25, -0.2) is 8.42 Å². The average Bonchev–Trinajstić information content (AvgIpc) is 2.93. The minimum Gasteiger partial charge on any atom is -0.354 e. The number of alkyl halides is 3. The predicted octanol–water partition coefficient (Wildman–Crippen LogP) is 6.30. The van der Waals surface area contributed by atoms with E-state index in [1.807, 2.05) is 19.9 Å². The summed E-state index contributed by atoms with van der Waals surface area (Å²) in [6, 6.07) is 17.2. The lowest BCUT2D eigenvalue weighted by atomic mass is 10.0. The SMILES string of the molecule is CC(C)CNC(=O)[C@H](Cc1ccccc1)N(Cc1ccc(Br)cc1)C(=O)CN(c1cc(C(F)(F)F)ccc1Cl)S(C)(=O)=O. The van der Waals surface area contributed by atoms with Gasteiger partial charge < -0.3 is 10.2 Å². The van der Waals surface area contributed by atoms with Crippen LogP contribution in [0.15, 0.2) is 77.3 Å². The number of benzene rings is 3. The van der Waals surface area contributed by atoms with E-state index in [-0.39, 0.29) is 23.9 Å². The van der Waals surface area contributed by atoms with Gasteiger partial charge in [-0.2, -0.15) is 13.2 Å². The van der Waals surface area contributed by atoms with Crippen molar-refractivity contribution in [2.24, 2.45) is 5.92 Å². The van der Waals surface area contributed by atoms with Gasteiger partial charge in [0.2, 0.25) is 21.8 Å². The van der Waals surface area contributed by atoms with Gasteiger partial charge in [-0.3, -0.25) is 13.9 Å². The van der Waals surface area contributed by atoms with Crippen LogP contribution in [-0.4, -0.2) is 50.5 Å². The van der Waals surface area contributed by atoms with Crippen molar-refractivity contribution in [1.29, 1.82) is 0 Å². The van der Waals surface area contributed by atoms with Crippen molar-refractivity contribution in [3.8, 4) is 0 Å². The van der Waals surface area contributed by atoms with Crippen molar-refractivity contribution in [1.82, 2.24) is 10.2 Å². The van der Waals surface area contributed by atoms with Crippen LogP contribution in [0.1, 0.15) is 30.5 Å². The Bertz CT molecular complexity index is 1520. The molecule has 2 amide bonds. The molecule has 0 bridgehead atoms. The van der Waals surface area contributed by atoms with E-state index >= 15 is 0 Å². The molecule has 3 rings (SSSR count). The summed E-state index contributed by atoms with van der Waals surface area (Å²) in [5.74, 6) is -1.14. The van der Waals surface area contributed by atoms with Crippen LogP contribution in [0.3, 0.4) is 0 Å². The summed E-state index contributed by atoms with van der Waals surface area (Å²) in [6.45, 7) is 3.20. The first-order valence-corrected chi connectivity index (χ1v) is 16.3. The molecule has 232 valence electrons. The van der Waals surface area contributed by atoms with Crippen LogP contribution in [-0.2, 0) is 38.8 Å². The fourth-order valence-corrected chi connectivity index (χ4v) is 5.63. The van der Waals surface area contributed by atoms with Gasteiger partial charge in [0.1, 0.15) is 12.6 Å². The fourth-order valence-electron chi connectivity index (χ4n) is 4.24. The number of nitrogens with zero attached hydrogens (tertiary/aromatic N) is 2. The highest BCUT2D eigenvalue weighted by Gasteiger charge is 2.36. The van der Waals surface area contributed by atoms with Gasteiger partial charge in [0.05, 0.1) is 22.5 Å². The summed E-state index contributed by atoms with van der Waals surface area (Å²) < 4.78 is 67.7. The predicted molar refractivity (Wildman–Crippen MR) is 165 cm³/mol. The molecule has 0 aliphatic heterocycles. The molecule has 3 aromatic rings. The van der Waals surface area contributed by atoms with Crippen molar-refractivity contribution in [2.75, 3.05) is 23.7 Å². The third-order valence-corrected chi connectivity index (χ3v) is 8.42. The van der Waals surface area contributed by atoms with E-state index in [1.54, 1.807) is 48.5 Å². The summed E-state index contributed by atoms with van der Waals surface area (Å²) in [5.41, 5.74) is -0.231. The minimum atomic E-state index is -4.78. The van der Waals surface area contributed by atoms with Crippen molar-refractivity contribution >= 4 is 55.1 Å². The van der Waals surface area contributed by atoms with E-state index < -0.39 is 51.9 Å². The topological polar surface area (TPSA) is 86.8 Å². The molecule has 0 saturated carbocycles. The first-order chi connectivity index (χ1) is 20.1. The first-order valence-electron chi connectivity index (χ1n) is 13.3. The Balaban J connectivity index is 2.10. The third kappa shape index (κ3) is 9.97. The van der Waals surface area contributed by atoms with Crippen LogP contribution in [0.4, 0.5) is 18.9 Å². The summed E-state index contributed by atoms with van der Waals surface area (Å²) in [6.07, 6.45) is -3.90. The zero-order valence-corrected chi connectivity index (χ0v) is 26.9. The molecule has 0 aliphatic carbocycles. The molecule has 1 N–H and O–H groups in total. The molecule has 13 heteroatoms. The van der Waals surface area contributed by atoms with E-state index in [0.717, 1.165) is 28.4 Å². The van der Waals surface area contributed by atoms with Crippen LogP contribution in [0, 0.1) is 5.92 Å². The fraction of sp³-hybridized carbons (Fsp3) is 0.333. The summed E-state index contributed by atoms with van der Waals surface area (Å²) in [4.78, 5) is 28.9. The van der Waals surface area contributed by atoms with Gasteiger partial charge in [0.25, 0.3) is 0 Å². The molecule has 0 spiro atoms. The Kier molecular flexibility index (Phi) is 11.7. The Hall–Kier alpha value is -3.09. The van der Waals surface area contributed by atoms with Crippen LogP contribution in [0.25, 0.3) is 0 Å². The Labute approximate surface area is 263 Å². The monoisotopic (exact) mass is 701 g/mol. The summed E-state index contributed by atoms with van der Waals surface area (Å²) in [7, 11) is -4.31. The minimum absolute atomic E-state index is 0.0767. The van der Waals surface area contributed by atoms with Gasteiger partial charge in [-0.15, -0.1) is 0 Å².